The summed E-state index contributed by atoms with van der Waals surface area (Å²) in [6.45, 7) is 8.08. The Hall–Kier alpha value is -1.37. The molecule has 0 unspecified atom stereocenters. The van der Waals surface area contributed by atoms with Crippen LogP contribution in [0, 0.1) is 16.0 Å². The van der Waals surface area contributed by atoms with E-state index in [9.17, 15) is 14.9 Å². The molecule has 0 N–H and O–H groups in total. The molecule has 1 aliphatic rings. The molecule has 1 rings (SSSR count). The van der Waals surface area contributed by atoms with Crippen molar-refractivity contribution >= 4 is 5.91 Å². The van der Waals surface area contributed by atoms with E-state index < -0.39 is 11.7 Å². The smallest absolute Gasteiger partial charge is 0.295 e. The van der Waals surface area contributed by atoms with E-state index in [0.717, 1.165) is 25.6 Å². The van der Waals surface area contributed by atoms with Crippen molar-refractivity contribution in [2.75, 3.05) is 39.3 Å². The minimum atomic E-state index is -0.923. The van der Waals surface area contributed by atoms with Gasteiger partial charge in [0, 0.05) is 26.2 Å². The van der Waals surface area contributed by atoms with Gasteiger partial charge in [-0.15, -0.1) is 10.1 Å². The molecule has 0 atom stereocenters. The van der Waals surface area contributed by atoms with Gasteiger partial charge in [0.05, 0.1) is 0 Å². The molecule has 0 spiro atoms. The van der Waals surface area contributed by atoms with Gasteiger partial charge >= 0.3 is 0 Å². The summed E-state index contributed by atoms with van der Waals surface area (Å²) in [7, 11) is 0. The summed E-state index contributed by atoms with van der Waals surface area (Å²) >= 11 is 0. The first-order valence-electron chi connectivity index (χ1n) is 8.26. The first-order valence-corrected chi connectivity index (χ1v) is 8.26. The van der Waals surface area contributed by atoms with Gasteiger partial charge in [-0.3, -0.25) is 9.69 Å². The minimum Gasteiger partial charge on any atom is -0.338 e. The predicted molar refractivity (Wildman–Crippen MR) is 83.9 cm³/mol. The van der Waals surface area contributed by atoms with Crippen LogP contribution in [0.5, 0.6) is 0 Å². The average Bonchev–Trinajstić information content (AvgIpc) is 2.48. The number of unbranched alkanes of at least 4 members (excludes halogenated alkanes) is 3. The maximum absolute atomic E-state index is 11.7. The predicted octanol–water partition coefficient (Wildman–Crippen LogP) is 1.95. The van der Waals surface area contributed by atoms with E-state index in [1.165, 1.54) is 32.1 Å². The van der Waals surface area contributed by atoms with Gasteiger partial charge in [-0.2, -0.15) is 0 Å². The Kier molecular flexibility index (Phi) is 8.81. The Balaban J connectivity index is 2.05. The molecule has 0 radical (unpaired) electrons. The standard InChI is InChI=1S/C15H29N3O4/c1-14(2)7-5-3-4-6-8-16-9-11-17(12-10-16)15(19)13-22-18(20)21/h14H,3-13H2,1-2H3. The molecule has 22 heavy (non-hydrogen) atoms. The number of carbonyl (C=O) groups excluding carboxylic acids is 1. The van der Waals surface area contributed by atoms with Gasteiger partial charge in [0.25, 0.3) is 5.09 Å². The average molecular weight is 315 g/mol. The zero-order valence-corrected chi connectivity index (χ0v) is 13.8. The lowest BCUT2D eigenvalue weighted by atomic mass is 10.0. The molecule has 0 aromatic rings. The van der Waals surface area contributed by atoms with Crippen LogP contribution < -0.4 is 0 Å². The fourth-order valence-electron chi connectivity index (χ4n) is 2.66. The number of piperazine rings is 1. The molecule has 0 saturated carbocycles. The van der Waals surface area contributed by atoms with Gasteiger partial charge in [-0.05, 0) is 18.9 Å². The summed E-state index contributed by atoms with van der Waals surface area (Å²) in [6, 6.07) is 0. The van der Waals surface area contributed by atoms with Crippen molar-refractivity contribution < 1.29 is 14.7 Å². The second-order valence-corrected chi connectivity index (χ2v) is 6.32. The van der Waals surface area contributed by atoms with Crippen molar-refractivity contribution in [2.24, 2.45) is 5.92 Å². The molecule has 0 aromatic heterocycles. The van der Waals surface area contributed by atoms with Crippen molar-refractivity contribution in [1.82, 2.24) is 9.80 Å². The van der Waals surface area contributed by atoms with Gasteiger partial charge < -0.3 is 9.74 Å². The normalized spacial score (nSPS) is 16.0. The van der Waals surface area contributed by atoms with Gasteiger partial charge in [0.1, 0.15) is 0 Å². The Morgan fingerprint density at radius 3 is 2.36 bits per heavy atom. The van der Waals surface area contributed by atoms with Gasteiger partial charge in [0.2, 0.25) is 5.91 Å². The van der Waals surface area contributed by atoms with Crippen LogP contribution in [0.3, 0.4) is 0 Å². The van der Waals surface area contributed by atoms with Crippen LogP contribution in [-0.4, -0.2) is 60.1 Å². The quantitative estimate of drug-likeness (QED) is 0.350. The third kappa shape index (κ3) is 8.17. The minimum absolute atomic E-state index is 0.301. The molecule has 1 heterocycles. The highest BCUT2D eigenvalue weighted by Crippen LogP contribution is 2.10. The van der Waals surface area contributed by atoms with Gasteiger partial charge in [-0.25, -0.2) is 0 Å². The van der Waals surface area contributed by atoms with E-state index in [1.807, 2.05) is 0 Å². The fraction of sp³-hybridized carbons (Fsp3) is 0.933. The maximum Gasteiger partial charge on any atom is 0.295 e. The number of amides is 1. The fourth-order valence-corrected chi connectivity index (χ4v) is 2.66. The summed E-state index contributed by atoms with van der Waals surface area (Å²) in [4.78, 5) is 29.9. The Labute approximate surface area is 132 Å². The Bertz CT molecular complexity index is 342. The van der Waals surface area contributed by atoms with Crippen LogP contribution in [-0.2, 0) is 9.63 Å². The molecule has 0 bridgehead atoms. The molecule has 1 amide bonds. The van der Waals surface area contributed by atoms with Crippen molar-refractivity contribution in [1.29, 1.82) is 0 Å². The van der Waals surface area contributed by atoms with E-state index in [2.05, 4.69) is 23.6 Å². The van der Waals surface area contributed by atoms with Crippen molar-refractivity contribution in [3.63, 3.8) is 0 Å². The molecule has 128 valence electrons. The number of hydrogen-bond acceptors (Lipinski definition) is 5. The summed E-state index contributed by atoms with van der Waals surface area (Å²) < 4.78 is 0. The number of hydrogen-bond donors (Lipinski definition) is 0. The van der Waals surface area contributed by atoms with Crippen LogP contribution in [0.4, 0.5) is 0 Å². The van der Waals surface area contributed by atoms with Crippen LogP contribution in [0.2, 0.25) is 0 Å². The lowest BCUT2D eigenvalue weighted by Gasteiger charge is -2.34. The zero-order chi connectivity index (χ0) is 16.4. The third-order valence-electron chi connectivity index (χ3n) is 4.02. The molecule has 1 aliphatic heterocycles. The second kappa shape index (κ2) is 10.4. The third-order valence-corrected chi connectivity index (χ3v) is 4.02. The Morgan fingerprint density at radius 2 is 1.77 bits per heavy atom. The number of carbonyl (C=O) groups is 1. The van der Waals surface area contributed by atoms with Gasteiger partial charge in [0.15, 0.2) is 6.61 Å². The molecular weight excluding hydrogens is 286 g/mol. The molecule has 7 nitrogen and oxygen atoms in total. The van der Waals surface area contributed by atoms with E-state index >= 15 is 0 Å². The topological polar surface area (TPSA) is 75.9 Å². The first-order chi connectivity index (χ1) is 10.5. The summed E-state index contributed by atoms with van der Waals surface area (Å²) in [6.07, 6.45) is 6.40. The number of nitrogens with zero attached hydrogens (tertiary/aromatic N) is 3. The van der Waals surface area contributed by atoms with E-state index in [0.29, 0.717) is 13.1 Å². The van der Waals surface area contributed by atoms with Crippen LogP contribution in [0.25, 0.3) is 0 Å². The monoisotopic (exact) mass is 315 g/mol. The molecule has 1 fully saturated rings. The molecule has 1 saturated heterocycles. The second-order valence-electron chi connectivity index (χ2n) is 6.32. The number of rotatable bonds is 10. The molecule has 7 heteroatoms. The van der Waals surface area contributed by atoms with Crippen molar-refractivity contribution in [3.05, 3.63) is 10.1 Å². The van der Waals surface area contributed by atoms with Crippen LogP contribution in [0.1, 0.15) is 46.0 Å². The highest BCUT2D eigenvalue weighted by atomic mass is 16.9. The zero-order valence-electron chi connectivity index (χ0n) is 13.8. The highest BCUT2D eigenvalue weighted by Gasteiger charge is 2.21. The van der Waals surface area contributed by atoms with E-state index in [4.69, 9.17) is 0 Å². The summed E-state index contributed by atoms with van der Waals surface area (Å²) in [5.74, 6) is 0.495. The first kappa shape index (κ1) is 18.7. The van der Waals surface area contributed by atoms with Crippen molar-refractivity contribution in [3.8, 4) is 0 Å². The van der Waals surface area contributed by atoms with E-state index in [-0.39, 0.29) is 5.91 Å². The van der Waals surface area contributed by atoms with Crippen LogP contribution >= 0.6 is 0 Å². The van der Waals surface area contributed by atoms with Gasteiger partial charge in [-0.1, -0.05) is 39.5 Å². The largest absolute Gasteiger partial charge is 0.338 e. The highest BCUT2D eigenvalue weighted by molar-refractivity contribution is 5.77. The maximum atomic E-state index is 11.7. The molecular formula is C15H29N3O4. The lowest BCUT2D eigenvalue weighted by Crippen LogP contribution is -2.49. The van der Waals surface area contributed by atoms with Crippen LogP contribution in [0.15, 0.2) is 0 Å². The van der Waals surface area contributed by atoms with E-state index in [1.54, 1.807) is 4.90 Å². The van der Waals surface area contributed by atoms with Crippen molar-refractivity contribution in [2.45, 2.75) is 46.0 Å². The summed E-state index contributed by atoms with van der Waals surface area (Å²) in [5.41, 5.74) is 0. The molecule has 0 aromatic carbocycles. The SMILES string of the molecule is CC(C)CCCCCCN1CCN(C(=O)CO[N+](=O)[O-])CC1. The molecule has 0 aliphatic carbocycles. The lowest BCUT2D eigenvalue weighted by molar-refractivity contribution is -0.754. The summed E-state index contributed by atoms with van der Waals surface area (Å²) in [5, 5.41) is 9.15. The Morgan fingerprint density at radius 1 is 1.14 bits per heavy atom.